The lowest BCUT2D eigenvalue weighted by molar-refractivity contribution is -0.214. The van der Waals surface area contributed by atoms with Crippen LogP contribution in [0.3, 0.4) is 0 Å². The molecular formula is C26H29F6N7O3. The van der Waals surface area contributed by atoms with Crippen LogP contribution in [0.25, 0.3) is 5.65 Å². The van der Waals surface area contributed by atoms with Gasteiger partial charge in [-0.15, -0.1) is 0 Å². The number of hydrogen-bond acceptors (Lipinski definition) is 7. The molecule has 0 aromatic carbocycles. The molecule has 42 heavy (non-hydrogen) atoms. The van der Waals surface area contributed by atoms with Crippen molar-refractivity contribution in [1.29, 1.82) is 0 Å². The molecule has 1 aliphatic heterocycles. The Morgan fingerprint density at radius 1 is 1.21 bits per heavy atom. The van der Waals surface area contributed by atoms with Crippen LogP contribution in [-0.2, 0) is 11.2 Å². The maximum Gasteiger partial charge on any atom is 0.411 e. The minimum Gasteiger partial charge on any atom is -0.342 e. The highest BCUT2D eigenvalue weighted by Crippen LogP contribution is 2.43. The van der Waals surface area contributed by atoms with Crippen molar-refractivity contribution in [3.05, 3.63) is 41.1 Å². The van der Waals surface area contributed by atoms with Crippen LogP contribution in [-0.4, -0.2) is 54.6 Å². The second kappa shape index (κ2) is 10.2. The molecule has 2 N–H and O–H groups in total. The van der Waals surface area contributed by atoms with Crippen molar-refractivity contribution in [1.82, 2.24) is 35.5 Å². The van der Waals surface area contributed by atoms with Gasteiger partial charge in [0.05, 0.1) is 29.5 Å². The van der Waals surface area contributed by atoms with Crippen molar-refractivity contribution in [2.24, 2.45) is 11.3 Å². The molecule has 16 heteroatoms. The molecular weight excluding hydrogens is 572 g/mol. The van der Waals surface area contributed by atoms with E-state index < -0.39 is 53.5 Å². The Hall–Kier alpha value is -3.72. The summed E-state index contributed by atoms with van der Waals surface area (Å²) < 4.78 is 87.1. The molecule has 10 nitrogen and oxygen atoms in total. The summed E-state index contributed by atoms with van der Waals surface area (Å²) in [6, 6.07) is 0.569. The van der Waals surface area contributed by atoms with E-state index in [0.29, 0.717) is 11.3 Å². The minimum absolute atomic E-state index is 0.0216. The van der Waals surface area contributed by atoms with E-state index in [0.717, 1.165) is 33.6 Å². The first-order chi connectivity index (χ1) is 19.5. The topological polar surface area (TPSA) is 127 Å². The largest absolute Gasteiger partial charge is 0.411 e. The summed E-state index contributed by atoms with van der Waals surface area (Å²) in [4.78, 5) is 29.9. The summed E-state index contributed by atoms with van der Waals surface area (Å²) in [5.74, 6) is -2.29. The van der Waals surface area contributed by atoms with Crippen molar-refractivity contribution in [3.63, 3.8) is 0 Å². The fraction of sp³-hybridized carbons (Fsp3) is 0.615. The molecule has 1 saturated carbocycles. The third-order valence-corrected chi connectivity index (χ3v) is 8.11. The van der Waals surface area contributed by atoms with Crippen molar-refractivity contribution in [3.8, 4) is 0 Å². The number of amides is 2. The van der Waals surface area contributed by atoms with E-state index in [1.165, 1.54) is 23.0 Å². The first-order valence-corrected chi connectivity index (χ1v) is 13.4. The molecule has 228 valence electrons. The lowest BCUT2D eigenvalue weighted by Gasteiger charge is -2.29. The van der Waals surface area contributed by atoms with Gasteiger partial charge in [-0.05, 0) is 62.2 Å². The second-order valence-corrected chi connectivity index (χ2v) is 12.0. The number of carbonyl (C=O) groups excluding carboxylic acids is 2. The first kappa shape index (κ1) is 29.8. The average Bonchev–Trinajstić information content (AvgIpc) is 3.31. The molecule has 0 bridgehead atoms. The first-order valence-electron chi connectivity index (χ1n) is 13.4. The molecule has 2 aliphatic rings. The Morgan fingerprint density at radius 2 is 1.93 bits per heavy atom. The highest BCUT2D eigenvalue weighted by atomic mass is 19.4. The average molecular weight is 602 g/mol. The lowest BCUT2D eigenvalue weighted by atomic mass is 9.85. The molecule has 5 rings (SSSR count). The number of hydrogen-bond donors (Lipinski definition) is 2. The number of nitrogens with one attached hydrogen (secondary N) is 2. The van der Waals surface area contributed by atoms with Gasteiger partial charge in [0.2, 0.25) is 5.91 Å². The van der Waals surface area contributed by atoms with Crippen molar-refractivity contribution < 1.29 is 40.6 Å². The number of carbonyl (C=O) groups is 2. The van der Waals surface area contributed by atoms with Gasteiger partial charge >= 0.3 is 12.4 Å². The lowest BCUT2D eigenvalue weighted by Crippen LogP contribution is -2.51. The highest BCUT2D eigenvalue weighted by Gasteiger charge is 2.57. The SMILES string of the molecule is CC(C)(CC[C@H](NC(=O)c1nonc1C1CC1)c1cn2ncc(C[C@H]3C[C@@](C)(C(F)(F)F)NC3=O)cc2n1)C(F)(F)F. The maximum absolute atomic E-state index is 13.6. The van der Waals surface area contributed by atoms with E-state index in [9.17, 15) is 35.9 Å². The number of rotatable bonds is 9. The zero-order chi connectivity index (χ0) is 30.7. The normalized spacial score (nSPS) is 22.4. The summed E-state index contributed by atoms with van der Waals surface area (Å²) in [5, 5.41) is 16.5. The third kappa shape index (κ3) is 5.79. The van der Waals surface area contributed by atoms with E-state index in [2.05, 4.69) is 25.7 Å². The summed E-state index contributed by atoms with van der Waals surface area (Å²) >= 11 is 0. The number of fused-ring (bicyclic) bond motifs is 1. The number of halogens is 6. The van der Waals surface area contributed by atoms with Crippen LogP contribution in [0, 0.1) is 11.3 Å². The molecule has 0 unspecified atom stereocenters. The van der Waals surface area contributed by atoms with Gasteiger partial charge in [0, 0.05) is 11.8 Å². The fourth-order valence-corrected chi connectivity index (χ4v) is 5.01. The van der Waals surface area contributed by atoms with E-state index >= 15 is 0 Å². The van der Waals surface area contributed by atoms with E-state index in [4.69, 9.17) is 4.63 Å². The van der Waals surface area contributed by atoms with Gasteiger partial charge in [0.25, 0.3) is 5.91 Å². The van der Waals surface area contributed by atoms with Gasteiger partial charge in [0.15, 0.2) is 11.3 Å². The Labute approximate surface area is 235 Å². The van der Waals surface area contributed by atoms with Gasteiger partial charge in [-0.3, -0.25) is 9.59 Å². The number of alkyl halides is 6. The van der Waals surface area contributed by atoms with Crippen LogP contribution in [0.15, 0.2) is 23.1 Å². The number of nitrogens with zero attached hydrogens (tertiary/aromatic N) is 5. The summed E-state index contributed by atoms with van der Waals surface area (Å²) in [5.41, 5.74) is -3.12. The van der Waals surface area contributed by atoms with Gasteiger partial charge in [-0.2, -0.15) is 31.4 Å². The Balaban J connectivity index is 1.38. The van der Waals surface area contributed by atoms with Crippen LogP contribution in [0.2, 0.25) is 0 Å². The zero-order valence-corrected chi connectivity index (χ0v) is 22.9. The molecule has 0 spiro atoms. The van der Waals surface area contributed by atoms with Crippen LogP contribution in [0.4, 0.5) is 26.3 Å². The van der Waals surface area contributed by atoms with Crippen molar-refractivity contribution >= 4 is 17.5 Å². The molecule has 1 aliphatic carbocycles. The van der Waals surface area contributed by atoms with Gasteiger partial charge in [-0.1, -0.05) is 19.0 Å². The van der Waals surface area contributed by atoms with Crippen molar-refractivity contribution in [2.45, 2.75) is 89.1 Å². The fourth-order valence-electron chi connectivity index (χ4n) is 5.01. The summed E-state index contributed by atoms with van der Waals surface area (Å²) in [6.45, 7) is 3.07. The number of imidazole rings is 1. The molecule has 2 fully saturated rings. The van der Waals surface area contributed by atoms with Crippen LogP contribution >= 0.6 is 0 Å². The zero-order valence-electron chi connectivity index (χ0n) is 22.9. The molecule has 3 aromatic rings. The van der Waals surface area contributed by atoms with Crippen LogP contribution in [0.1, 0.15) is 92.3 Å². The van der Waals surface area contributed by atoms with Gasteiger partial charge in [0.1, 0.15) is 11.2 Å². The Bertz CT molecular complexity index is 1490. The number of aromatic nitrogens is 5. The quantitative estimate of drug-likeness (QED) is 0.337. The summed E-state index contributed by atoms with van der Waals surface area (Å²) in [6.07, 6.45) is -5.55. The molecule has 3 atom stereocenters. The van der Waals surface area contributed by atoms with Crippen molar-refractivity contribution in [2.75, 3.05) is 0 Å². The smallest absolute Gasteiger partial charge is 0.342 e. The van der Waals surface area contributed by atoms with E-state index in [-0.39, 0.29) is 42.2 Å². The van der Waals surface area contributed by atoms with Gasteiger partial charge < -0.3 is 10.6 Å². The molecule has 4 heterocycles. The monoisotopic (exact) mass is 601 g/mol. The van der Waals surface area contributed by atoms with E-state index in [1.54, 1.807) is 0 Å². The maximum atomic E-state index is 13.6. The highest BCUT2D eigenvalue weighted by molar-refractivity contribution is 5.93. The predicted octanol–water partition coefficient (Wildman–Crippen LogP) is 4.83. The summed E-state index contributed by atoms with van der Waals surface area (Å²) in [7, 11) is 0. The standard InChI is InChI=1S/C26H29F6N7O3/c1-23(2,25(27,28)29)7-6-16(35-22(41)20-19(14-4-5-14)37-42-38-20)17-12-39-18(34-17)9-13(11-33-39)8-15-10-24(3,26(30,31)32)36-21(15)40/h9,11-12,14-16H,4-8,10H2,1-3H3,(H,35,41)(H,36,40)/t15-,16-,24-/m0/s1. The Kier molecular flexibility index (Phi) is 7.24. The third-order valence-electron chi connectivity index (χ3n) is 8.11. The molecule has 3 aromatic heterocycles. The Morgan fingerprint density at radius 3 is 2.55 bits per heavy atom. The van der Waals surface area contributed by atoms with E-state index in [1.807, 2.05) is 5.32 Å². The van der Waals surface area contributed by atoms with Gasteiger partial charge in [-0.25, -0.2) is 14.1 Å². The predicted molar refractivity (Wildman–Crippen MR) is 133 cm³/mol. The second-order valence-electron chi connectivity index (χ2n) is 12.0. The molecule has 1 saturated heterocycles. The molecule has 2 amide bonds. The van der Waals surface area contributed by atoms with Crippen LogP contribution in [0.5, 0.6) is 0 Å². The van der Waals surface area contributed by atoms with Crippen LogP contribution < -0.4 is 10.6 Å². The molecule has 0 radical (unpaired) electrons. The minimum atomic E-state index is -4.61.